The number of phenols is 4. The molecular weight excluding hydrogens is 941 g/mol. The zero-order valence-corrected chi connectivity index (χ0v) is 37.6. The second-order valence-corrected chi connectivity index (χ2v) is 17.1. The van der Waals surface area contributed by atoms with Crippen LogP contribution in [0.2, 0.25) is 0 Å². The maximum atomic E-state index is 13.2. The number of carbonyl (C=O) groups excluding carboxylic acids is 4. The van der Waals surface area contributed by atoms with E-state index in [1.54, 1.807) is 6.20 Å². The highest BCUT2D eigenvalue weighted by Crippen LogP contribution is 2.53. The molecule has 0 saturated carbocycles. The number of phenolic OH excluding ortho intramolecular Hbond substituents is 4. The number of aromatic amines is 2. The number of aromatic hydroxyl groups is 4. The fraction of sp³-hybridized carbons (Fsp3) is 0.400. The topological polar surface area (TPSA) is 482 Å². The van der Waals surface area contributed by atoms with Gasteiger partial charge in [0.25, 0.3) is 0 Å². The zero-order valence-electron chi connectivity index (χ0n) is 35.9. The van der Waals surface area contributed by atoms with Crippen molar-refractivity contribution in [3.05, 3.63) is 23.4 Å². The molecule has 4 aromatic rings. The Labute approximate surface area is 392 Å². The number of carboxylic acids is 4. The number of thioether (sulfide) groups is 2. The lowest BCUT2D eigenvalue weighted by Gasteiger charge is -2.20. The first-order valence-electron chi connectivity index (χ1n) is 20.5. The fourth-order valence-electron chi connectivity index (χ4n) is 6.86. The van der Waals surface area contributed by atoms with E-state index in [9.17, 15) is 58.8 Å². The molecule has 370 valence electrons. The number of fused-ring (bicyclic) bond motifs is 2. The molecule has 0 bridgehead atoms. The van der Waals surface area contributed by atoms with Crippen molar-refractivity contribution in [3.8, 4) is 34.3 Å². The van der Waals surface area contributed by atoms with E-state index in [1.165, 1.54) is 0 Å². The van der Waals surface area contributed by atoms with Crippen molar-refractivity contribution < 1.29 is 79.2 Å². The first-order chi connectivity index (χ1) is 32.1. The van der Waals surface area contributed by atoms with E-state index >= 15 is 0 Å². The molecule has 0 saturated heterocycles. The quantitative estimate of drug-likeness (QED) is 0.0229. The molecule has 0 aliphatic carbocycles. The summed E-state index contributed by atoms with van der Waals surface area (Å²) >= 11 is 1.55. The van der Waals surface area contributed by atoms with Gasteiger partial charge in [-0.05, 0) is 49.9 Å². The molecular formula is C40H52N10O16S2. The number of aromatic nitrogens is 2. The average Bonchev–Trinajstić information content (AvgIpc) is 3.85. The lowest BCUT2D eigenvalue weighted by Crippen LogP contribution is -2.49. The second-order valence-electron chi connectivity index (χ2n) is 15.1. The van der Waals surface area contributed by atoms with Gasteiger partial charge in [0.1, 0.15) is 37.3 Å². The predicted molar refractivity (Wildman–Crippen MR) is 244 cm³/mol. The first-order valence-corrected chi connectivity index (χ1v) is 22.5. The van der Waals surface area contributed by atoms with Crippen LogP contribution in [0.3, 0.4) is 0 Å². The van der Waals surface area contributed by atoms with Gasteiger partial charge in [-0.15, -0.1) is 23.5 Å². The molecule has 68 heavy (non-hydrogen) atoms. The third kappa shape index (κ3) is 13.3. The van der Waals surface area contributed by atoms with Gasteiger partial charge >= 0.3 is 23.9 Å². The Balaban J connectivity index is 1.83. The van der Waals surface area contributed by atoms with Gasteiger partial charge < -0.3 is 95.0 Å². The number of rotatable bonds is 27. The van der Waals surface area contributed by atoms with E-state index in [0.29, 0.717) is 16.5 Å². The maximum absolute atomic E-state index is 13.2. The Hall–Kier alpha value is -6.98. The number of nitrogens with two attached hydrogens (primary N) is 4. The van der Waals surface area contributed by atoms with Crippen LogP contribution >= 0.6 is 23.5 Å². The monoisotopic (exact) mass is 992 g/mol. The van der Waals surface area contributed by atoms with Crippen molar-refractivity contribution in [1.82, 2.24) is 31.2 Å². The van der Waals surface area contributed by atoms with Crippen LogP contribution in [0.25, 0.3) is 33.1 Å². The minimum atomic E-state index is -1.49. The van der Waals surface area contributed by atoms with E-state index in [1.807, 2.05) is 0 Å². The van der Waals surface area contributed by atoms with E-state index in [2.05, 4.69) is 31.2 Å². The predicted octanol–water partition coefficient (Wildman–Crippen LogP) is -1.92. The molecule has 0 aliphatic rings. The molecule has 28 heteroatoms. The van der Waals surface area contributed by atoms with Crippen LogP contribution in [0.15, 0.2) is 22.1 Å². The largest absolute Gasteiger partial charge is 0.504 e. The Morgan fingerprint density at radius 3 is 1.60 bits per heavy atom. The summed E-state index contributed by atoms with van der Waals surface area (Å²) in [7, 11) is 0. The van der Waals surface area contributed by atoms with Crippen LogP contribution in [-0.4, -0.2) is 160 Å². The molecule has 26 nitrogen and oxygen atoms in total. The van der Waals surface area contributed by atoms with E-state index < -0.39 is 126 Å². The summed E-state index contributed by atoms with van der Waals surface area (Å²) in [4.78, 5) is 103. The highest BCUT2D eigenvalue weighted by molar-refractivity contribution is 8.00. The first kappa shape index (κ1) is 53.6. The fourth-order valence-corrected chi connectivity index (χ4v) is 9.23. The van der Waals surface area contributed by atoms with Crippen molar-refractivity contribution in [2.75, 3.05) is 37.7 Å². The summed E-state index contributed by atoms with van der Waals surface area (Å²) < 4.78 is 0. The number of H-pyrrole nitrogens is 2. The number of benzene rings is 2. The van der Waals surface area contributed by atoms with Crippen molar-refractivity contribution >= 4 is 92.8 Å². The summed E-state index contributed by atoms with van der Waals surface area (Å²) in [6, 6.07) is -4.57. The molecule has 0 fully saturated rings. The molecule has 4 rings (SSSR count). The highest BCUT2D eigenvalue weighted by Gasteiger charge is 2.32. The number of carboxylic acid groups (broad SMARTS) is 4. The molecule has 2 aromatic heterocycles. The molecule has 4 unspecified atom stereocenters. The number of hydrogen-bond donors (Lipinski definition) is 18. The normalized spacial score (nSPS) is 13.1. The standard InChI is InChI=1S/C40H52N10O16S2/c41-7-5-15-10-45-31-27(15)35(67-13-20(37(61)46-11-25(54)55)48-23(52)3-1-17(43)39(63)64)34(60)33(59)29(31)30-16(6-8-42)28-19(50-30)9-22(51)32(58)36(28)68-14-21(38(62)47-12-26(56)57)49-24(53)4-2-18(44)40(65)66/h9-10,17-18,20-21,45,50-51,58-60H,1-8,11-14,41-44H2,(H,46,61)(H,47,62)(H,48,52)(H,49,53)(H,54,55)(H,56,57)(H,63,64)(H,65,66). The zero-order chi connectivity index (χ0) is 50.6. The van der Waals surface area contributed by atoms with Crippen LogP contribution in [0, 0.1) is 0 Å². The van der Waals surface area contributed by atoms with E-state index in [-0.39, 0.29) is 82.0 Å². The molecule has 2 aromatic carbocycles. The number of amides is 4. The van der Waals surface area contributed by atoms with E-state index in [0.717, 1.165) is 29.6 Å². The Kier molecular flexibility index (Phi) is 19.1. The SMILES string of the molecule is NCCc1c(-c2c(O)c(O)c(SCC(NC(=O)CCC(N)C(=O)O)C(=O)NCC(=O)O)c3c(CCN)c[nH]c23)[nH]c2cc(O)c(O)c(SCC(NC(=O)CCC(N)C(=O)O)C(=O)NCC(=O)O)c12. The number of nitrogens with one attached hydrogen (secondary N) is 6. The number of hydrogen-bond acceptors (Lipinski definition) is 18. The number of carbonyl (C=O) groups is 8. The van der Waals surface area contributed by atoms with Gasteiger partial charge in [0.15, 0.2) is 23.0 Å². The van der Waals surface area contributed by atoms with Crippen molar-refractivity contribution in [2.45, 2.75) is 72.5 Å². The summed E-state index contributed by atoms with van der Waals surface area (Å²) in [6.45, 7) is -1.60. The van der Waals surface area contributed by atoms with Crippen molar-refractivity contribution in [2.24, 2.45) is 22.9 Å². The van der Waals surface area contributed by atoms with Crippen molar-refractivity contribution in [3.63, 3.8) is 0 Å². The van der Waals surface area contributed by atoms with Gasteiger partial charge in [-0.25, -0.2) is 0 Å². The smallest absolute Gasteiger partial charge is 0.322 e. The van der Waals surface area contributed by atoms with Crippen LogP contribution < -0.4 is 44.2 Å². The second kappa shape index (κ2) is 24.2. The Bertz CT molecular complexity index is 2580. The number of aliphatic carboxylic acids is 4. The van der Waals surface area contributed by atoms with Crippen LogP contribution in [0.4, 0.5) is 0 Å². The van der Waals surface area contributed by atoms with Crippen LogP contribution in [0.1, 0.15) is 36.8 Å². The van der Waals surface area contributed by atoms with Gasteiger partial charge in [0, 0.05) is 47.4 Å². The minimum absolute atomic E-state index is 0.00800. The van der Waals surface area contributed by atoms with E-state index in [4.69, 9.17) is 43.4 Å². The average molecular weight is 993 g/mol. The molecule has 0 aliphatic heterocycles. The summed E-state index contributed by atoms with van der Waals surface area (Å²) in [5.74, 6) is -12.6. The molecule has 22 N–H and O–H groups in total. The third-order valence-corrected chi connectivity index (χ3v) is 12.6. The van der Waals surface area contributed by atoms with Gasteiger partial charge in [0.05, 0.1) is 32.1 Å². The Morgan fingerprint density at radius 1 is 0.662 bits per heavy atom. The third-order valence-electron chi connectivity index (χ3n) is 10.2. The van der Waals surface area contributed by atoms with Gasteiger partial charge in [-0.2, -0.15) is 0 Å². The lowest BCUT2D eigenvalue weighted by atomic mass is 9.98. The van der Waals surface area contributed by atoms with Gasteiger partial charge in [-0.1, -0.05) is 0 Å². The molecule has 0 spiro atoms. The van der Waals surface area contributed by atoms with Crippen LogP contribution in [0.5, 0.6) is 23.0 Å². The lowest BCUT2D eigenvalue weighted by molar-refractivity contribution is -0.140. The maximum Gasteiger partial charge on any atom is 0.322 e. The van der Waals surface area contributed by atoms with Gasteiger partial charge in [-0.3, -0.25) is 38.4 Å². The molecule has 4 atom stereocenters. The van der Waals surface area contributed by atoms with Crippen molar-refractivity contribution in [1.29, 1.82) is 0 Å². The van der Waals surface area contributed by atoms with Gasteiger partial charge in [0.2, 0.25) is 23.6 Å². The summed E-state index contributed by atoms with van der Waals surface area (Å²) in [5.41, 5.74) is 24.3. The summed E-state index contributed by atoms with van der Waals surface area (Å²) in [6.07, 6.45) is 0.325. The molecule has 0 radical (unpaired) electrons. The molecule has 2 heterocycles. The Morgan fingerprint density at radius 2 is 1.15 bits per heavy atom. The van der Waals surface area contributed by atoms with Crippen LogP contribution in [-0.2, 0) is 51.2 Å². The highest BCUT2D eigenvalue weighted by atomic mass is 32.2. The summed E-state index contributed by atoms with van der Waals surface area (Å²) in [5, 5.41) is 92.2. The molecule has 4 amide bonds. The minimum Gasteiger partial charge on any atom is -0.504 e.